The Morgan fingerprint density at radius 3 is 2.29 bits per heavy atom. The van der Waals surface area contributed by atoms with Crippen LogP contribution in [0.3, 0.4) is 0 Å². The Labute approximate surface area is 161 Å². The zero-order chi connectivity index (χ0) is 19.5. The third-order valence-electron chi connectivity index (χ3n) is 4.38. The van der Waals surface area contributed by atoms with Gasteiger partial charge in [0.15, 0.2) is 5.52 Å². The number of hydrogen-bond donors (Lipinski definition) is 0. The van der Waals surface area contributed by atoms with Crippen molar-refractivity contribution in [2.45, 2.75) is 13.5 Å². The molecule has 0 atom stereocenters. The molecule has 0 aliphatic heterocycles. The van der Waals surface area contributed by atoms with Gasteiger partial charge in [-0.25, -0.2) is 0 Å². The monoisotopic (exact) mass is 374 g/mol. The summed E-state index contributed by atoms with van der Waals surface area (Å²) in [7, 11) is 0. The molecule has 0 saturated carbocycles. The standard InChI is InChI=1S/C22H18N2O4/c1-16-22(25)24(21-10-6-5-9-20(21)23(16)26)27-15-17-11-13-19(14-12-17)28-18-7-3-2-4-8-18/h2-14H,15H2,1H3. The van der Waals surface area contributed by atoms with Crippen LogP contribution in [-0.4, -0.2) is 4.73 Å². The molecule has 4 rings (SSSR count). The van der Waals surface area contributed by atoms with Crippen LogP contribution in [0.4, 0.5) is 0 Å². The number of rotatable bonds is 5. The number of fused-ring (bicyclic) bond motifs is 1. The normalized spacial score (nSPS) is 10.8. The van der Waals surface area contributed by atoms with Crippen molar-refractivity contribution in [3.05, 3.63) is 106 Å². The second kappa shape index (κ2) is 7.44. The molecule has 1 heterocycles. The van der Waals surface area contributed by atoms with Crippen LogP contribution < -0.4 is 19.9 Å². The van der Waals surface area contributed by atoms with Gasteiger partial charge in [-0.1, -0.05) is 42.5 Å². The quantitative estimate of drug-likeness (QED) is 0.397. The summed E-state index contributed by atoms with van der Waals surface area (Å²) in [5.74, 6) is 1.47. The molecule has 0 fully saturated rings. The lowest BCUT2D eigenvalue weighted by atomic mass is 10.2. The van der Waals surface area contributed by atoms with Gasteiger partial charge in [-0.3, -0.25) is 4.79 Å². The third-order valence-corrected chi connectivity index (χ3v) is 4.38. The van der Waals surface area contributed by atoms with E-state index in [1.54, 1.807) is 24.3 Å². The summed E-state index contributed by atoms with van der Waals surface area (Å²) in [6.45, 7) is 1.66. The number of benzene rings is 3. The van der Waals surface area contributed by atoms with E-state index < -0.39 is 5.56 Å². The molecule has 0 spiro atoms. The molecule has 0 bridgehead atoms. The average molecular weight is 374 g/mol. The molecule has 0 aliphatic carbocycles. The molecule has 0 saturated heterocycles. The minimum Gasteiger partial charge on any atom is -0.618 e. The lowest BCUT2D eigenvalue weighted by Gasteiger charge is -2.13. The van der Waals surface area contributed by atoms with E-state index in [1.165, 1.54) is 11.7 Å². The first-order chi connectivity index (χ1) is 13.6. The molecule has 4 aromatic rings. The van der Waals surface area contributed by atoms with Crippen molar-refractivity contribution in [3.63, 3.8) is 0 Å². The number of nitrogens with zero attached hydrogens (tertiary/aromatic N) is 2. The number of para-hydroxylation sites is 3. The van der Waals surface area contributed by atoms with E-state index in [2.05, 4.69) is 0 Å². The van der Waals surface area contributed by atoms with Crippen LogP contribution in [0.25, 0.3) is 11.0 Å². The summed E-state index contributed by atoms with van der Waals surface area (Å²) in [5.41, 5.74) is 1.26. The SMILES string of the molecule is Cc1c(=O)n(OCc2ccc(Oc3ccccc3)cc2)c2ccccc2[n+]1[O-]. The zero-order valence-electron chi connectivity index (χ0n) is 15.2. The molecule has 0 aliphatic rings. The number of ether oxygens (including phenoxy) is 1. The van der Waals surface area contributed by atoms with E-state index in [9.17, 15) is 10.0 Å². The molecule has 6 nitrogen and oxygen atoms in total. The van der Waals surface area contributed by atoms with E-state index in [0.717, 1.165) is 11.3 Å². The second-order valence-electron chi connectivity index (χ2n) is 6.30. The molecule has 6 heteroatoms. The fourth-order valence-electron chi connectivity index (χ4n) is 2.88. The lowest BCUT2D eigenvalue weighted by Crippen LogP contribution is -2.43. The maximum Gasteiger partial charge on any atom is 0.352 e. The highest BCUT2D eigenvalue weighted by Crippen LogP contribution is 2.21. The fourth-order valence-corrected chi connectivity index (χ4v) is 2.88. The van der Waals surface area contributed by atoms with Crippen molar-refractivity contribution >= 4 is 11.0 Å². The van der Waals surface area contributed by atoms with Crippen LogP contribution in [0.1, 0.15) is 11.3 Å². The molecule has 28 heavy (non-hydrogen) atoms. The van der Waals surface area contributed by atoms with Gasteiger partial charge in [0, 0.05) is 13.0 Å². The molecule has 0 unspecified atom stereocenters. The predicted octanol–water partition coefficient (Wildman–Crippen LogP) is 3.36. The summed E-state index contributed by atoms with van der Waals surface area (Å²) in [5, 5.41) is 12.2. The van der Waals surface area contributed by atoms with Crippen LogP contribution >= 0.6 is 0 Å². The molecular formula is C22H18N2O4. The zero-order valence-corrected chi connectivity index (χ0v) is 15.2. The van der Waals surface area contributed by atoms with Crippen LogP contribution in [0.2, 0.25) is 0 Å². The van der Waals surface area contributed by atoms with E-state index >= 15 is 0 Å². The average Bonchev–Trinajstić information content (AvgIpc) is 2.74. The van der Waals surface area contributed by atoms with Crippen molar-refractivity contribution in [2.24, 2.45) is 0 Å². The highest BCUT2D eigenvalue weighted by Gasteiger charge is 2.17. The molecule has 3 aromatic carbocycles. The van der Waals surface area contributed by atoms with Gasteiger partial charge in [-0.2, -0.15) is 4.73 Å². The second-order valence-corrected chi connectivity index (χ2v) is 6.30. The smallest absolute Gasteiger partial charge is 0.352 e. The van der Waals surface area contributed by atoms with E-state index in [1.807, 2.05) is 54.6 Å². The number of aromatic nitrogens is 2. The van der Waals surface area contributed by atoms with E-state index in [4.69, 9.17) is 9.57 Å². The minimum atomic E-state index is -0.474. The maximum absolute atomic E-state index is 12.5. The Balaban J connectivity index is 1.54. The van der Waals surface area contributed by atoms with Crippen molar-refractivity contribution in [1.29, 1.82) is 0 Å². The van der Waals surface area contributed by atoms with Crippen molar-refractivity contribution in [3.8, 4) is 11.5 Å². The van der Waals surface area contributed by atoms with Crippen molar-refractivity contribution < 1.29 is 14.3 Å². The Kier molecular flexibility index (Phi) is 4.68. The largest absolute Gasteiger partial charge is 0.618 e. The van der Waals surface area contributed by atoms with Gasteiger partial charge in [0.1, 0.15) is 18.1 Å². The van der Waals surface area contributed by atoms with Crippen LogP contribution in [-0.2, 0) is 6.61 Å². The topological polar surface area (TPSA) is 67.4 Å². The van der Waals surface area contributed by atoms with Gasteiger partial charge < -0.3 is 14.8 Å². The summed E-state index contributed by atoms with van der Waals surface area (Å²) in [6, 6.07) is 23.8. The lowest BCUT2D eigenvalue weighted by molar-refractivity contribution is -0.586. The third kappa shape index (κ3) is 3.40. The van der Waals surface area contributed by atoms with Gasteiger partial charge in [-0.15, -0.1) is 4.73 Å². The molecule has 140 valence electrons. The maximum atomic E-state index is 12.5. The van der Waals surface area contributed by atoms with Crippen LogP contribution in [0.15, 0.2) is 83.7 Å². The Morgan fingerprint density at radius 2 is 1.54 bits per heavy atom. The summed E-state index contributed by atoms with van der Waals surface area (Å²) in [4.78, 5) is 18.2. The van der Waals surface area contributed by atoms with Gasteiger partial charge in [-0.05, 0) is 35.9 Å². The summed E-state index contributed by atoms with van der Waals surface area (Å²) < 4.78 is 7.57. The summed E-state index contributed by atoms with van der Waals surface area (Å²) in [6.07, 6.45) is 0. The van der Waals surface area contributed by atoms with Gasteiger partial charge in [0.05, 0.1) is 0 Å². The minimum absolute atomic E-state index is 0.0605. The number of hydrogen-bond acceptors (Lipinski definition) is 4. The van der Waals surface area contributed by atoms with Gasteiger partial charge in [0.25, 0.3) is 5.69 Å². The van der Waals surface area contributed by atoms with E-state index in [0.29, 0.717) is 21.5 Å². The highest BCUT2D eigenvalue weighted by molar-refractivity contribution is 5.71. The van der Waals surface area contributed by atoms with Gasteiger partial charge >= 0.3 is 5.56 Å². The van der Waals surface area contributed by atoms with Gasteiger partial charge in [0.2, 0.25) is 5.52 Å². The molecule has 1 aromatic heterocycles. The van der Waals surface area contributed by atoms with Crippen molar-refractivity contribution in [2.75, 3.05) is 0 Å². The first kappa shape index (κ1) is 17.6. The Hall–Kier alpha value is -3.80. The predicted molar refractivity (Wildman–Crippen MR) is 105 cm³/mol. The highest BCUT2D eigenvalue weighted by atomic mass is 16.7. The van der Waals surface area contributed by atoms with E-state index in [-0.39, 0.29) is 12.3 Å². The fraction of sp³-hybridized carbons (Fsp3) is 0.0909. The molecule has 0 N–H and O–H groups in total. The van der Waals surface area contributed by atoms with Crippen molar-refractivity contribution in [1.82, 2.24) is 4.73 Å². The molecule has 0 radical (unpaired) electrons. The first-order valence-electron chi connectivity index (χ1n) is 8.82. The molecule has 0 amide bonds. The Bertz CT molecular complexity index is 1170. The molecular weight excluding hydrogens is 356 g/mol. The van der Waals surface area contributed by atoms with Crippen LogP contribution in [0.5, 0.6) is 11.5 Å². The Morgan fingerprint density at radius 1 is 0.893 bits per heavy atom. The first-order valence-corrected chi connectivity index (χ1v) is 8.82. The van der Waals surface area contributed by atoms with Crippen LogP contribution in [0, 0.1) is 12.1 Å². The summed E-state index contributed by atoms with van der Waals surface area (Å²) >= 11 is 0.